The van der Waals surface area contributed by atoms with Gasteiger partial charge < -0.3 is 15.6 Å². The number of urea groups is 1. The van der Waals surface area contributed by atoms with Crippen molar-refractivity contribution >= 4 is 17.1 Å². The summed E-state index contributed by atoms with van der Waals surface area (Å²) in [4.78, 5) is 22.3. The molecule has 3 N–H and O–H groups in total. The Morgan fingerprint density at radius 3 is 2.82 bits per heavy atom. The lowest BCUT2D eigenvalue weighted by atomic mass is 9.94. The maximum atomic E-state index is 12.3. The largest absolute Gasteiger partial charge is 0.356 e. The second-order valence-electron chi connectivity index (χ2n) is 8.02. The summed E-state index contributed by atoms with van der Waals surface area (Å²) in [5.41, 5.74) is 5.54. The predicted molar refractivity (Wildman–Crippen MR) is 111 cm³/mol. The molecule has 0 aliphatic carbocycles. The summed E-state index contributed by atoms with van der Waals surface area (Å²) in [7, 11) is 0. The highest BCUT2D eigenvalue weighted by molar-refractivity contribution is 5.76. The van der Waals surface area contributed by atoms with Crippen molar-refractivity contribution in [1.82, 2.24) is 25.5 Å². The first-order valence-corrected chi connectivity index (χ1v) is 9.77. The van der Waals surface area contributed by atoms with E-state index in [1.165, 1.54) is 11.1 Å². The van der Waals surface area contributed by atoms with Crippen LogP contribution in [0.1, 0.15) is 30.7 Å². The number of aromatic amines is 1. The van der Waals surface area contributed by atoms with Crippen molar-refractivity contribution in [2.75, 3.05) is 13.1 Å². The lowest BCUT2D eigenvalue weighted by molar-refractivity contribution is 0.104. The molecule has 0 bridgehead atoms. The van der Waals surface area contributed by atoms with Gasteiger partial charge in [0.1, 0.15) is 0 Å². The molecule has 0 radical (unpaired) electrons. The summed E-state index contributed by atoms with van der Waals surface area (Å²) in [5.74, 6) is 0. The highest BCUT2D eigenvalue weighted by atomic mass is 16.2. The van der Waals surface area contributed by atoms with Crippen LogP contribution in [0.4, 0.5) is 4.79 Å². The van der Waals surface area contributed by atoms with E-state index < -0.39 is 0 Å². The molecule has 28 heavy (non-hydrogen) atoms. The molecule has 1 aromatic carbocycles. The molecule has 146 valence electrons. The van der Waals surface area contributed by atoms with Crippen molar-refractivity contribution in [3.05, 3.63) is 65.5 Å². The summed E-state index contributed by atoms with van der Waals surface area (Å²) in [6, 6.07) is 14.3. The summed E-state index contributed by atoms with van der Waals surface area (Å²) in [5, 5.41) is 5.95. The Balaban J connectivity index is 1.29. The van der Waals surface area contributed by atoms with Gasteiger partial charge in [0, 0.05) is 37.1 Å². The van der Waals surface area contributed by atoms with Crippen LogP contribution in [-0.4, -0.2) is 39.5 Å². The zero-order valence-electron chi connectivity index (χ0n) is 16.5. The summed E-state index contributed by atoms with van der Waals surface area (Å²) in [6.45, 7) is 7.34. The molecule has 2 amide bonds. The number of nitrogens with zero attached hydrogens (tertiary/aromatic N) is 2. The van der Waals surface area contributed by atoms with E-state index in [-0.39, 0.29) is 11.6 Å². The number of nitrogens with one attached hydrogen (secondary N) is 3. The Kier molecular flexibility index (Phi) is 5.05. The van der Waals surface area contributed by atoms with Gasteiger partial charge in [0.25, 0.3) is 0 Å². The van der Waals surface area contributed by atoms with Crippen LogP contribution in [0.5, 0.6) is 0 Å². The van der Waals surface area contributed by atoms with Crippen LogP contribution in [0.2, 0.25) is 0 Å². The molecule has 1 aliphatic rings. The van der Waals surface area contributed by atoms with Gasteiger partial charge >= 0.3 is 6.03 Å². The number of carbonyl (C=O) groups is 1. The standard InChI is InChI=1S/C22H27N5O/c1-22(2,27-11-9-16-6-3-4-7-17(16)14-27)15-25-21(28)24-13-18-12-20-19(26-18)8-5-10-23-20/h3-8,10,12,26H,9,11,13-15H2,1-2H3,(H2,24,25,28). The molecule has 0 saturated heterocycles. The molecule has 0 spiro atoms. The molecule has 0 saturated carbocycles. The van der Waals surface area contributed by atoms with E-state index in [0.29, 0.717) is 13.1 Å². The van der Waals surface area contributed by atoms with Gasteiger partial charge in [-0.05, 0) is 49.6 Å². The molecule has 0 unspecified atom stereocenters. The first-order chi connectivity index (χ1) is 13.5. The number of amides is 2. The highest BCUT2D eigenvalue weighted by Gasteiger charge is 2.30. The molecule has 4 rings (SSSR count). The minimum atomic E-state index is -0.155. The van der Waals surface area contributed by atoms with Gasteiger partial charge in [0.15, 0.2) is 0 Å². The van der Waals surface area contributed by atoms with E-state index in [1.807, 2.05) is 18.2 Å². The predicted octanol–water partition coefficient (Wildman–Crippen LogP) is 3.20. The smallest absolute Gasteiger partial charge is 0.315 e. The van der Waals surface area contributed by atoms with E-state index in [2.05, 4.69) is 63.6 Å². The zero-order chi connectivity index (χ0) is 19.6. The fourth-order valence-corrected chi connectivity index (χ4v) is 3.77. The molecule has 2 aromatic heterocycles. The minimum absolute atomic E-state index is 0.115. The lowest BCUT2D eigenvalue weighted by Gasteiger charge is -2.41. The summed E-state index contributed by atoms with van der Waals surface area (Å²) < 4.78 is 0. The second-order valence-corrected chi connectivity index (χ2v) is 8.02. The van der Waals surface area contributed by atoms with E-state index in [1.54, 1.807) is 6.20 Å². The Bertz CT molecular complexity index is 945. The van der Waals surface area contributed by atoms with Crippen LogP contribution in [0.15, 0.2) is 48.7 Å². The van der Waals surface area contributed by atoms with Gasteiger partial charge in [0.2, 0.25) is 0 Å². The topological polar surface area (TPSA) is 73.0 Å². The number of hydrogen-bond donors (Lipinski definition) is 3. The van der Waals surface area contributed by atoms with Gasteiger partial charge in [0.05, 0.1) is 17.6 Å². The van der Waals surface area contributed by atoms with Crippen molar-refractivity contribution in [2.24, 2.45) is 0 Å². The molecular weight excluding hydrogens is 350 g/mol. The number of rotatable bonds is 5. The van der Waals surface area contributed by atoms with E-state index >= 15 is 0 Å². The Labute approximate surface area is 165 Å². The number of aromatic nitrogens is 2. The number of carbonyl (C=O) groups excluding carboxylic acids is 1. The normalized spacial score (nSPS) is 14.6. The maximum absolute atomic E-state index is 12.3. The first-order valence-electron chi connectivity index (χ1n) is 9.77. The Morgan fingerprint density at radius 2 is 2.00 bits per heavy atom. The van der Waals surface area contributed by atoms with Crippen LogP contribution >= 0.6 is 0 Å². The maximum Gasteiger partial charge on any atom is 0.315 e. The third-order valence-corrected chi connectivity index (χ3v) is 5.55. The average Bonchev–Trinajstić information content (AvgIpc) is 3.13. The number of H-pyrrole nitrogens is 1. The van der Waals surface area contributed by atoms with E-state index in [0.717, 1.165) is 36.2 Å². The fourth-order valence-electron chi connectivity index (χ4n) is 3.77. The van der Waals surface area contributed by atoms with E-state index in [9.17, 15) is 4.79 Å². The van der Waals surface area contributed by atoms with Crippen molar-refractivity contribution in [3.8, 4) is 0 Å². The minimum Gasteiger partial charge on any atom is -0.356 e. The summed E-state index contributed by atoms with van der Waals surface area (Å²) in [6.07, 6.45) is 2.82. The monoisotopic (exact) mass is 377 g/mol. The number of fused-ring (bicyclic) bond motifs is 2. The number of pyridine rings is 1. The van der Waals surface area contributed by atoms with Crippen molar-refractivity contribution in [2.45, 2.75) is 38.9 Å². The van der Waals surface area contributed by atoms with Crippen molar-refractivity contribution < 1.29 is 4.79 Å². The number of benzene rings is 1. The fraction of sp³-hybridized carbons (Fsp3) is 0.364. The van der Waals surface area contributed by atoms with Crippen LogP contribution in [0.3, 0.4) is 0 Å². The molecule has 1 aliphatic heterocycles. The van der Waals surface area contributed by atoms with Crippen LogP contribution in [0, 0.1) is 0 Å². The average molecular weight is 377 g/mol. The molecule has 0 fully saturated rings. The molecule has 0 atom stereocenters. The molecular formula is C22H27N5O. The van der Waals surface area contributed by atoms with Gasteiger partial charge in [-0.1, -0.05) is 24.3 Å². The molecule has 3 aromatic rings. The third-order valence-electron chi connectivity index (χ3n) is 5.55. The quantitative estimate of drug-likeness (QED) is 0.639. The lowest BCUT2D eigenvalue weighted by Crippen LogP contribution is -2.54. The van der Waals surface area contributed by atoms with Crippen molar-refractivity contribution in [1.29, 1.82) is 0 Å². The van der Waals surface area contributed by atoms with Crippen LogP contribution in [-0.2, 0) is 19.5 Å². The van der Waals surface area contributed by atoms with Gasteiger partial charge in [-0.2, -0.15) is 0 Å². The molecule has 3 heterocycles. The second kappa shape index (κ2) is 7.64. The van der Waals surface area contributed by atoms with Crippen LogP contribution < -0.4 is 10.6 Å². The number of hydrogen-bond acceptors (Lipinski definition) is 3. The molecule has 6 nitrogen and oxygen atoms in total. The van der Waals surface area contributed by atoms with Gasteiger partial charge in [-0.15, -0.1) is 0 Å². The Hall–Kier alpha value is -2.86. The van der Waals surface area contributed by atoms with Gasteiger partial charge in [-0.25, -0.2) is 4.79 Å². The highest BCUT2D eigenvalue weighted by Crippen LogP contribution is 2.24. The first kappa shape index (κ1) is 18.5. The molecule has 6 heteroatoms. The SMILES string of the molecule is CC(C)(CNC(=O)NCc1cc2ncccc2[nH]1)N1CCc2ccccc2C1. The summed E-state index contributed by atoms with van der Waals surface area (Å²) >= 11 is 0. The van der Waals surface area contributed by atoms with Crippen molar-refractivity contribution in [3.63, 3.8) is 0 Å². The zero-order valence-corrected chi connectivity index (χ0v) is 16.5. The van der Waals surface area contributed by atoms with E-state index in [4.69, 9.17) is 0 Å². The third kappa shape index (κ3) is 4.02. The Morgan fingerprint density at radius 1 is 1.18 bits per heavy atom. The van der Waals surface area contributed by atoms with Crippen LogP contribution in [0.25, 0.3) is 11.0 Å². The van der Waals surface area contributed by atoms with Gasteiger partial charge in [-0.3, -0.25) is 9.88 Å².